The molecule has 2 rings (SSSR count). The lowest BCUT2D eigenvalue weighted by atomic mass is 10.1. The number of carbonyl (C=O) groups excluding carboxylic acids is 3. The van der Waals surface area contributed by atoms with Crippen molar-refractivity contribution in [3.8, 4) is 0 Å². The number of rotatable bonds is 5. The molecular formula is C17H16N2O4. The number of carbonyl (C=O) groups is 3. The smallest absolute Gasteiger partial charge is 0.337 e. The highest BCUT2D eigenvalue weighted by Crippen LogP contribution is 2.10. The lowest BCUT2D eigenvalue weighted by molar-refractivity contribution is 0.0600. The number of urea groups is 1. The summed E-state index contributed by atoms with van der Waals surface area (Å²) in [6.45, 7) is -0.101. The van der Waals surface area contributed by atoms with E-state index < -0.39 is 12.0 Å². The Morgan fingerprint density at radius 3 is 2.17 bits per heavy atom. The molecule has 118 valence electrons. The molecule has 0 saturated carbocycles. The van der Waals surface area contributed by atoms with Crippen molar-refractivity contribution in [2.45, 2.75) is 0 Å². The SMILES string of the molecule is COC(=O)c1ccc(NC(=O)NCC(=O)c2ccccc2)cc1. The molecule has 2 amide bonds. The third kappa shape index (κ3) is 4.67. The fraction of sp³-hybridized carbons (Fsp3) is 0.118. The van der Waals surface area contributed by atoms with Gasteiger partial charge in [0.25, 0.3) is 0 Å². The van der Waals surface area contributed by atoms with Gasteiger partial charge in [0.15, 0.2) is 5.78 Å². The van der Waals surface area contributed by atoms with Crippen molar-refractivity contribution < 1.29 is 19.1 Å². The van der Waals surface area contributed by atoms with Crippen molar-refractivity contribution in [3.05, 3.63) is 65.7 Å². The predicted molar refractivity (Wildman–Crippen MR) is 85.6 cm³/mol. The highest BCUT2D eigenvalue weighted by atomic mass is 16.5. The molecule has 23 heavy (non-hydrogen) atoms. The minimum atomic E-state index is -0.500. The van der Waals surface area contributed by atoms with Crippen LogP contribution in [0.4, 0.5) is 10.5 Å². The third-order valence-electron chi connectivity index (χ3n) is 3.07. The molecule has 6 nitrogen and oxygen atoms in total. The Bertz CT molecular complexity index is 696. The number of benzene rings is 2. The fourth-order valence-corrected chi connectivity index (χ4v) is 1.87. The van der Waals surface area contributed by atoms with Crippen LogP contribution in [0.3, 0.4) is 0 Å². The Balaban J connectivity index is 1.85. The number of hydrogen-bond acceptors (Lipinski definition) is 4. The maximum Gasteiger partial charge on any atom is 0.337 e. The monoisotopic (exact) mass is 312 g/mol. The van der Waals surface area contributed by atoms with Gasteiger partial charge in [-0.1, -0.05) is 30.3 Å². The Labute approximate surface area is 133 Å². The molecule has 0 saturated heterocycles. The summed E-state index contributed by atoms with van der Waals surface area (Å²) in [6.07, 6.45) is 0. The van der Waals surface area contributed by atoms with Gasteiger partial charge in [0.2, 0.25) is 0 Å². The maximum absolute atomic E-state index is 11.9. The van der Waals surface area contributed by atoms with Crippen molar-refractivity contribution in [2.75, 3.05) is 19.0 Å². The minimum Gasteiger partial charge on any atom is -0.465 e. The number of Topliss-reactive ketones (excluding diaryl/α,β-unsaturated/α-hetero) is 1. The summed E-state index contributed by atoms with van der Waals surface area (Å²) in [5.74, 6) is -0.628. The first-order chi connectivity index (χ1) is 11.1. The van der Waals surface area contributed by atoms with E-state index in [-0.39, 0.29) is 12.3 Å². The zero-order valence-electron chi connectivity index (χ0n) is 12.5. The molecule has 0 aromatic heterocycles. The molecular weight excluding hydrogens is 296 g/mol. The van der Waals surface area contributed by atoms with Crippen LogP contribution in [0.25, 0.3) is 0 Å². The number of ketones is 1. The number of amides is 2. The van der Waals surface area contributed by atoms with Gasteiger partial charge in [-0.25, -0.2) is 9.59 Å². The van der Waals surface area contributed by atoms with Gasteiger partial charge in [0, 0.05) is 11.3 Å². The largest absolute Gasteiger partial charge is 0.465 e. The van der Waals surface area contributed by atoms with Crippen LogP contribution in [0.5, 0.6) is 0 Å². The van der Waals surface area contributed by atoms with E-state index in [1.807, 2.05) is 6.07 Å². The summed E-state index contributed by atoms with van der Waals surface area (Å²) in [5, 5.41) is 5.07. The lowest BCUT2D eigenvalue weighted by Crippen LogP contribution is -2.33. The van der Waals surface area contributed by atoms with Gasteiger partial charge in [0.05, 0.1) is 19.2 Å². The number of esters is 1. The molecule has 0 unspecified atom stereocenters. The first-order valence-electron chi connectivity index (χ1n) is 6.91. The molecule has 0 aliphatic heterocycles. The summed E-state index contributed by atoms with van der Waals surface area (Å²) in [5.41, 5.74) is 1.43. The van der Waals surface area contributed by atoms with Crippen LogP contribution < -0.4 is 10.6 Å². The van der Waals surface area contributed by atoms with E-state index in [1.54, 1.807) is 36.4 Å². The van der Waals surface area contributed by atoms with Crippen LogP contribution in [-0.2, 0) is 4.74 Å². The molecule has 0 spiro atoms. The summed E-state index contributed by atoms with van der Waals surface area (Å²) in [4.78, 5) is 34.9. The highest BCUT2D eigenvalue weighted by molar-refractivity contribution is 6.00. The molecule has 0 radical (unpaired) electrons. The Kier molecular flexibility index (Phi) is 5.46. The normalized spacial score (nSPS) is 9.78. The first-order valence-corrected chi connectivity index (χ1v) is 6.91. The fourth-order valence-electron chi connectivity index (χ4n) is 1.87. The van der Waals surface area contributed by atoms with E-state index in [1.165, 1.54) is 19.2 Å². The van der Waals surface area contributed by atoms with E-state index in [2.05, 4.69) is 15.4 Å². The van der Waals surface area contributed by atoms with Crippen LogP contribution in [0.15, 0.2) is 54.6 Å². The Hall–Kier alpha value is -3.15. The summed E-state index contributed by atoms with van der Waals surface area (Å²) < 4.78 is 4.59. The average molecular weight is 312 g/mol. The van der Waals surface area contributed by atoms with Crippen LogP contribution in [0.2, 0.25) is 0 Å². The topological polar surface area (TPSA) is 84.5 Å². The van der Waals surface area contributed by atoms with Gasteiger partial charge in [-0.2, -0.15) is 0 Å². The van der Waals surface area contributed by atoms with Gasteiger partial charge >= 0.3 is 12.0 Å². The van der Waals surface area contributed by atoms with Gasteiger partial charge in [-0.05, 0) is 24.3 Å². The number of anilines is 1. The molecule has 0 fully saturated rings. The van der Waals surface area contributed by atoms with Crippen molar-refractivity contribution in [2.24, 2.45) is 0 Å². The molecule has 2 aromatic rings. The second kappa shape index (κ2) is 7.74. The number of ether oxygens (including phenoxy) is 1. The zero-order chi connectivity index (χ0) is 16.7. The van der Waals surface area contributed by atoms with Gasteiger partial charge in [-0.3, -0.25) is 4.79 Å². The second-order valence-electron chi connectivity index (χ2n) is 4.67. The molecule has 0 bridgehead atoms. The van der Waals surface area contributed by atoms with Crippen molar-refractivity contribution in [1.29, 1.82) is 0 Å². The lowest BCUT2D eigenvalue weighted by Gasteiger charge is -2.08. The quantitative estimate of drug-likeness (QED) is 0.656. The second-order valence-corrected chi connectivity index (χ2v) is 4.67. The van der Waals surface area contributed by atoms with Crippen molar-refractivity contribution >= 4 is 23.5 Å². The summed E-state index contributed by atoms with van der Waals surface area (Å²) >= 11 is 0. The van der Waals surface area contributed by atoms with Crippen molar-refractivity contribution in [3.63, 3.8) is 0 Å². The molecule has 0 atom stereocenters. The van der Waals surface area contributed by atoms with Crippen LogP contribution >= 0.6 is 0 Å². The van der Waals surface area contributed by atoms with Crippen molar-refractivity contribution in [1.82, 2.24) is 5.32 Å². The molecule has 0 aliphatic rings. The van der Waals surface area contributed by atoms with E-state index in [0.717, 1.165) is 0 Å². The van der Waals surface area contributed by atoms with E-state index in [4.69, 9.17) is 0 Å². The molecule has 2 N–H and O–H groups in total. The number of hydrogen-bond donors (Lipinski definition) is 2. The average Bonchev–Trinajstić information content (AvgIpc) is 2.60. The molecule has 0 aliphatic carbocycles. The summed E-state index contributed by atoms with van der Waals surface area (Å²) in [6, 6.07) is 14.4. The molecule has 0 heterocycles. The standard InChI is InChI=1S/C17H16N2O4/c1-23-16(21)13-7-9-14(10-8-13)19-17(22)18-11-15(20)12-5-3-2-4-6-12/h2-10H,11H2,1H3,(H2,18,19,22). The molecule has 2 aromatic carbocycles. The minimum absolute atomic E-state index is 0.101. The first kappa shape index (κ1) is 16.2. The van der Waals surface area contributed by atoms with E-state index >= 15 is 0 Å². The number of methoxy groups -OCH3 is 1. The number of nitrogens with one attached hydrogen (secondary N) is 2. The highest BCUT2D eigenvalue weighted by Gasteiger charge is 2.09. The van der Waals surface area contributed by atoms with E-state index in [0.29, 0.717) is 16.8 Å². The van der Waals surface area contributed by atoms with Crippen LogP contribution in [0, 0.1) is 0 Å². The summed E-state index contributed by atoms with van der Waals surface area (Å²) in [7, 11) is 1.30. The molecule has 6 heteroatoms. The third-order valence-corrected chi connectivity index (χ3v) is 3.07. The Morgan fingerprint density at radius 1 is 0.913 bits per heavy atom. The Morgan fingerprint density at radius 2 is 1.57 bits per heavy atom. The van der Waals surface area contributed by atoms with Gasteiger partial charge in [0.1, 0.15) is 0 Å². The zero-order valence-corrected chi connectivity index (χ0v) is 12.5. The van der Waals surface area contributed by atoms with Crippen LogP contribution in [0.1, 0.15) is 20.7 Å². The van der Waals surface area contributed by atoms with Gasteiger partial charge < -0.3 is 15.4 Å². The van der Waals surface area contributed by atoms with Gasteiger partial charge in [-0.15, -0.1) is 0 Å². The predicted octanol–water partition coefficient (Wildman–Crippen LogP) is 2.48. The maximum atomic E-state index is 11.9. The van der Waals surface area contributed by atoms with Crippen LogP contribution in [-0.4, -0.2) is 31.4 Å². The van der Waals surface area contributed by atoms with E-state index in [9.17, 15) is 14.4 Å².